The summed E-state index contributed by atoms with van der Waals surface area (Å²) in [5.74, 6) is 0.557. The minimum Gasteiger partial charge on any atom is -0.456 e. The van der Waals surface area contributed by atoms with Crippen LogP contribution in [0.4, 0.5) is 5.88 Å². The second kappa shape index (κ2) is 4.33. The molecule has 2 aromatic heterocycles. The van der Waals surface area contributed by atoms with Crippen molar-refractivity contribution in [3.05, 3.63) is 27.0 Å². The van der Waals surface area contributed by atoms with Crippen molar-refractivity contribution in [1.82, 2.24) is 0 Å². The van der Waals surface area contributed by atoms with Crippen LogP contribution in [-0.4, -0.2) is 13.6 Å². The van der Waals surface area contributed by atoms with E-state index < -0.39 is 0 Å². The number of halogens is 1. The Morgan fingerprint density at radius 1 is 1.44 bits per heavy atom. The van der Waals surface area contributed by atoms with E-state index in [9.17, 15) is 4.79 Å². The van der Waals surface area contributed by atoms with Gasteiger partial charge in [0.1, 0.15) is 6.26 Å². The number of furan rings is 1. The zero-order valence-corrected chi connectivity index (χ0v) is 10.7. The van der Waals surface area contributed by atoms with Gasteiger partial charge in [0.25, 0.3) is 0 Å². The lowest BCUT2D eigenvalue weighted by Crippen LogP contribution is -2.19. The molecule has 2 aromatic rings. The van der Waals surface area contributed by atoms with Crippen molar-refractivity contribution in [3.8, 4) is 0 Å². The molecule has 0 aromatic carbocycles. The normalized spacial score (nSPS) is 10.9. The second-order valence-electron chi connectivity index (χ2n) is 3.61. The molecule has 0 aliphatic heterocycles. The van der Waals surface area contributed by atoms with Crippen molar-refractivity contribution in [2.45, 2.75) is 13.3 Å². The fourth-order valence-electron chi connectivity index (χ4n) is 1.54. The minimum absolute atomic E-state index is 0.162. The Bertz CT molecular complexity index is 558. The van der Waals surface area contributed by atoms with E-state index >= 15 is 0 Å². The summed E-state index contributed by atoms with van der Waals surface area (Å²) in [4.78, 5) is 13.6. The van der Waals surface area contributed by atoms with E-state index in [0.29, 0.717) is 15.9 Å². The lowest BCUT2D eigenvalue weighted by molar-refractivity contribution is 0.567. The SMILES string of the molecule is CCCN(C)c1cc(=O)c2occ(Br)c2o1. The van der Waals surface area contributed by atoms with Gasteiger partial charge in [-0.05, 0) is 22.4 Å². The fourth-order valence-corrected chi connectivity index (χ4v) is 1.89. The summed E-state index contributed by atoms with van der Waals surface area (Å²) in [6, 6.07) is 1.45. The zero-order valence-electron chi connectivity index (χ0n) is 9.12. The van der Waals surface area contributed by atoms with E-state index in [1.165, 1.54) is 12.3 Å². The lowest BCUT2D eigenvalue weighted by atomic mass is 10.4. The molecule has 0 saturated carbocycles. The average molecular weight is 286 g/mol. The number of rotatable bonds is 3. The first-order valence-electron chi connectivity index (χ1n) is 5.05. The van der Waals surface area contributed by atoms with Gasteiger partial charge in [0.05, 0.1) is 10.5 Å². The number of hydrogen-bond acceptors (Lipinski definition) is 4. The molecule has 5 heteroatoms. The van der Waals surface area contributed by atoms with E-state index in [1.807, 2.05) is 11.9 Å². The first kappa shape index (κ1) is 11.3. The Hall–Kier alpha value is -1.23. The summed E-state index contributed by atoms with van der Waals surface area (Å²) in [6.07, 6.45) is 2.45. The minimum atomic E-state index is -0.162. The van der Waals surface area contributed by atoms with Crippen LogP contribution in [0.1, 0.15) is 13.3 Å². The third-order valence-corrected chi connectivity index (χ3v) is 2.87. The molecule has 0 aliphatic rings. The topological polar surface area (TPSA) is 46.6 Å². The van der Waals surface area contributed by atoms with Crippen molar-refractivity contribution in [1.29, 1.82) is 0 Å². The Balaban J connectivity index is 2.56. The van der Waals surface area contributed by atoms with Crippen molar-refractivity contribution in [3.63, 3.8) is 0 Å². The van der Waals surface area contributed by atoms with E-state index in [0.717, 1.165) is 13.0 Å². The third-order valence-electron chi connectivity index (χ3n) is 2.32. The van der Waals surface area contributed by atoms with E-state index in [-0.39, 0.29) is 11.0 Å². The van der Waals surface area contributed by atoms with Gasteiger partial charge in [-0.2, -0.15) is 0 Å². The van der Waals surface area contributed by atoms with E-state index in [4.69, 9.17) is 8.83 Å². The summed E-state index contributed by atoms with van der Waals surface area (Å²) in [5.41, 5.74) is 0.552. The molecular weight excluding hydrogens is 274 g/mol. The number of fused-ring (bicyclic) bond motifs is 1. The number of anilines is 1. The van der Waals surface area contributed by atoms with Gasteiger partial charge >= 0.3 is 0 Å². The Labute approximate surface area is 101 Å². The van der Waals surface area contributed by atoms with Crippen LogP contribution in [0.25, 0.3) is 11.2 Å². The van der Waals surface area contributed by atoms with Gasteiger partial charge < -0.3 is 13.7 Å². The lowest BCUT2D eigenvalue weighted by Gasteiger charge is -2.15. The van der Waals surface area contributed by atoms with Crippen LogP contribution in [0.15, 0.2) is 30.4 Å². The highest BCUT2D eigenvalue weighted by Gasteiger charge is 2.13. The van der Waals surface area contributed by atoms with E-state index in [2.05, 4.69) is 22.9 Å². The summed E-state index contributed by atoms with van der Waals surface area (Å²) < 4.78 is 11.4. The maximum absolute atomic E-state index is 11.7. The summed E-state index contributed by atoms with van der Waals surface area (Å²) in [7, 11) is 1.89. The largest absolute Gasteiger partial charge is 0.456 e. The van der Waals surface area contributed by atoms with Crippen molar-refractivity contribution >= 4 is 33.0 Å². The van der Waals surface area contributed by atoms with Crippen LogP contribution in [-0.2, 0) is 0 Å². The molecule has 0 amide bonds. The van der Waals surface area contributed by atoms with Crippen molar-refractivity contribution in [2.24, 2.45) is 0 Å². The van der Waals surface area contributed by atoms with E-state index in [1.54, 1.807) is 0 Å². The van der Waals surface area contributed by atoms with Crippen LogP contribution in [0.2, 0.25) is 0 Å². The first-order valence-corrected chi connectivity index (χ1v) is 5.84. The summed E-state index contributed by atoms with van der Waals surface area (Å²) in [5, 5.41) is 0. The Morgan fingerprint density at radius 2 is 2.19 bits per heavy atom. The standard InChI is InChI=1S/C11H12BrNO3/c1-3-4-13(2)9-5-8(14)11-10(16-9)7(12)6-15-11/h5-6H,3-4H2,1-2H3. The summed E-state index contributed by atoms with van der Waals surface area (Å²) >= 11 is 3.28. The predicted molar refractivity (Wildman–Crippen MR) is 66.0 cm³/mol. The zero-order chi connectivity index (χ0) is 11.7. The maximum atomic E-state index is 11.7. The second-order valence-corrected chi connectivity index (χ2v) is 4.47. The quantitative estimate of drug-likeness (QED) is 0.870. The van der Waals surface area contributed by atoms with Gasteiger partial charge in [-0.3, -0.25) is 4.79 Å². The van der Waals surface area contributed by atoms with Crippen LogP contribution in [0.5, 0.6) is 0 Å². The van der Waals surface area contributed by atoms with Gasteiger partial charge in [0.15, 0.2) is 11.5 Å². The molecule has 0 unspecified atom stereocenters. The van der Waals surface area contributed by atoms with Crippen LogP contribution in [0.3, 0.4) is 0 Å². The first-order chi connectivity index (χ1) is 7.63. The van der Waals surface area contributed by atoms with Gasteiger partial charge in [0.2, 0.25) is 11.0 Å². The highest BCUT2D eigenvalue weighted by atomic mass is 79.9. The molecule has 0 bridgehead atoms. The molecule has 0 radical (unpaired) electrons. The van der Waals surface area contributed by atoms with Crippen LogP contribution < -0.4 is 10.3 Å². The molecule has 86 valence electrons. The predicted octanol–water partition coefficient (Wildman–Crippen LogP) is 2.99. The van der Waals surface area contributed by atoms with Gasteiger partial charge in [-0.25, -0.2) is 0 Å². The van der Waals surface area contributed by atoms with Crippen LogP contribution in [0, 0.1) is 0 Å². The molecular formula is C11H12BrNO3. The molecule has 2 heterocycles. The number of nitrogens with zero attached hydrogens (tertiary/aromatic N) is 1. The fraction of sp³-hybridized carbons (Fsp3) is 0.364. The smallest absolute Gasteiger partial charge is 0.230 e. The van der Waals surface area contributed by atoms with Crippen LogP contribution >= 0.6 is 15.9 Å². The molecule has 0 N–H and O–H groups in total. The van der Waals surface area contributed by atoms with Gasteiger partial charge in [-0.1, -0.05) is 6.92 Å². The molecule has 0 atom stereocenters. The third kappa shape index (κ3) is 1.87. The molecule has 0 spiro atoms. The van der Waals surface area contributed by atoms with Gasteiger partial charge in [0, 0.05) is 13.6 Å². The highest BCUT2D eigenvalue weighted by Crippen LogP contribution is 2.26. The molecule has 16 heavy (non-hydrogen) atoms. The molecule has 4 nitrogen and oxygen atoms in total. The van der Waals surface area contributed by atoms with Gasteiger partial charge in [-0.15, -0.1) is 0 Å². The Morgan fingerprint density at radius 3 is 2.88 bits per heavy atom. The number of hydrogen-bond donors (Lipinski definition) is 0. The molecule has 2 rings (SSSR count). The monoisotopic (exact) mass is 285 g/mol. The Kier molecular flexibility index (Phi) is 3.05. The summed E-state index contributed by atoms with van der Waals surface area (Å²) in [6.45, 7) is 2.91. The molecule has 0 saturated heterocycles. The van der Waals surface area contributed by atoms with Crippen molar-refractivity contribution < 1.29 is 8.83 Å². The maximum Gasteiger partial charge on any atom is 0.230 e. The molecule has 0 fully saturated rings. The highest BCUT2D eigenvalue weighted by molar-refractivity contribution is 9.10. The average Bonchev–Trinajstić information content (AvgIpc) is 2.61. The van der Waals surface area contributed by atoms with Crippen molar-refractivity contribution in [2.75, 3.05) is 18.5 Å². The molecule has 0 aliphatic carbocycles.